The zero-order chi connectivity index (χ0) is 21.6. The van der Waals surface area contributed by atoms with E-state index in [1.165, 1.54) is 13.2 Å². The van der Waals surface area contributed by atoms with Crippen LogP contribution in [0.25, 0.3) is 0 Å². The zero-order valence-electron chi connectivity index (χ0n) is 17.5. The first-order chi connectivity index (χ1) is 13.6. The van der Waals surface area contributed by atoms with Crippen LogP contribution in [0.4, 0.5) is 5.69 Å². The molecule has 1 N–H and O–H groups in total. The number of carbonyl (C=O) groups is 1. The number of halogens is 1. The first kappa shape index (κ1) is 23.7. The molecular weight excluding hydrogens is 416 g/mol. The quantitative estimate of drug-likeness (QED) is 0.575. The number of sulfonamides is 1. The Labute approximate surface area is 178 Å². The van der Waals surface area contributed by atoms with Crippen LogP contribution in [0.3, 0.4) is 0 Å². The van der Waals surface area contributed by atoms with Gasteiger partial charge in [-0.2, -0.15) is 0 Å². The molecule has 1 unspecified atom stereocenters. The normalized spacial score (nSPS) is 17.0. The molecule has 0 aliphatic carbocycles. The Balaban J connectivity index is 1.95. The van der Waals surface area contributed by atoms with Gasteiger partial charge in [-0.25, -0.2) is 8.42 Å². The Morgan fingerprint density at radius 1 is 1.31 bits per heavy atom. The zero-order valence-corrected chi connectivity index (χ0v) is 19.1. The lowest BCUT2D eigenvalue weighted by Gasteiger charge is -2.32. The number of nitrogens with one attached hydrogen (secondary N) is 1. The van der Waals surface area contributed by atoms with E-state index in [2.05, 4.69) is 22.2 Å². The lowest BCUT2D eigenvalue weighted by Crippen LogP contribution is -2.48. The average molecular weight is 447 g/mol. The van der Waals surface area contributed by atoms with Crippen LogP contribution in [-0.4, -0.2) is 89.8 Å². The molecule has 164 valence electrons. The first-order valence-corrected chi connectivity index (χ1v) is 11.9. The van der Waals surface area contributed by atoms with Crippen LogP contribution < -0.4 is 14.4 Å². The van der Waals surface area contributed by atoms with Gasteiger partial charge in [-0.3, -0.25) is 9.10 Å². The van der Waals surface area contributed by atoms with Crippen molar-refractivity contribution in [1.29, 1.82) is 0 Å². The van der Waals surface area contributed by atoms with E-state index in [9.17, 15) is 13.2 Å². The predicted molar refractivity (Wildman–Crippen MR) is 116 cm³/mol. The van der Waals surface area contributed by atoms with Gasteiger partial charge in [-0.05, 0) is 45.1 Å². The summed E-state index contributed by atoms with van der Waals surface area (Å²) >= 11 is 6.14. The first-order valence-electron chi connectivity index (χ1n) is 9.65. The molecule has 0 bridgehead atoms. The Morgan fingerprint density at radius 2 is 1.97 bits per heavy atom. The molecule has 0 aromatic heterocycles. The largest absolute Gasteiger partial charge is 0.495 e. The van der Waals surface area contributed by atoms with Gasteiger partial charge in [-0.1, -0.05) is 11.6 Å². The third-order valence-corrected chi connectivity index (χ3v) is 6.56. The van der Waals surface area contributed by atoms with Crippen LogP contribution in [-0.2, 0) is 14.8 Å². The molecular formula is C19H31ClN4O4S. The van der Waals surface area contributed by atoms with Gasteiger partial charge < -0.3 is 19.9 Å². The summed E-state index contributed by atoms with van der Waals surface area (Å²) < 4.78 is 30.9. The Hall–Kier alpha value is -1.55. The molecule has 1 aromatic rings. The SMILES string of the molecule is COc1ccc(N(C(C)C(=O)NCCCN2CCN(C)CC2)S(C)(=O)=O)cc1Cl. The third-order valence-electron chi connectivity index (χ3n) is 5.02. The van der Waals surface area contributed by atoms with E-state index in [4.69, 9.17) is 16.3 Å². The highest BCUT2D eigenvalue weighted by molar-refractivity contribution is 7.92. The highest BCUT2D eigenvalue weighted by Crippen LogP contribution is 2.31. The van der Waals surface area contributed by atoms with E-state index in [0.29, 0.717) is 18.0 Å². The molecule has 29 heavy (non-hydrogen) atoms. The molecule has 1 heterocycles. The summed E-state index contributed by atoms with van der Waals surface area (Å²) in [6.07, 6.45) is 1.89. The Morgan fingerprint density at radius 3 is 2.52 bits per heavy atom. The van der Waals surface area contributed by atoms with E-state index in [1.807, 2.05) is 0 Å². The van der Waals surface area contributed by atoms with Crippen LogP contribution in [0.5, 0.6) is 5.75 Å². The van der Waals surface area contributed by atoms with Gasteiger partial charge in [-0.15, -0.1) is 0 Å². The number of rotatable bonds is 9. The molecule has 2 rings (SSSR count). The Bertz CT molecular complexity index is 797. The second kappa shape index (κ2) is 10.5. The van der Waals surface area contributed by atoms with Crippen LogP contribution in [0, 0.1) is 0 Å². The number of anilines is 1. The predicted octanol–water partition coefficient (Wildman–Crippen LogP) is 1.26. The fourth-order valence-corrected chi connectivity index (χ4v) is 4.75. The van der Waals surface area contributed by atoms with E-state index in [0.717, 1.165) is 49.7 Å². The van der Waals surface area contributed by atoms with Crippen molar-refractivity contribution in [2.24, 2.45) is 0 Å². The third kappa shape index (κ3) is 6.74. The van der Waals surface area contributed by atoms with Crippen LogP contribution in [0.1, 0.15) is 13.3 Å². The summed E-state index contributed by atoms with van der Waals surface area (Å²) in [5, 5.41) is 3.13. The lowest BCUT2D eigenvalue weighted by molar-refractivity contribution is -0.121. The van der Waals surface area contributed by atoms with E-state index in [1.54, 1.807) is 19.1 Å². The van der Waals surface area contributed by atoms with Gasteiger partial charge in [0.2, 0.25) is 15.9 Å². The van der Waals surface area contributed by atoms with Crippen molar-refractivity contribution >= 4 is 33.2 Å². The number of piperazine rings is 1. The van der Waals surface area contributed by atoms with Crippen LogP contribution in [0.15, 0.2) is 18.2 Å². The summed E-state index contributed by atoms with van der Waals surface area (Å²) in [7, 11) is -0.0982. The number of nitrogens with zero attached hydrogens (tertiary/aromatic N) is 3. The number of ether oxygens (including phenoxy) is 1. The molecule has 1 aliphatic rings. The van der Waals surface area contributed by atoms with Gasteiger partial charge >= 0.3 is 0 Å². The van der Waals surface area contributed by atoms with E-state index < -0.39 is 16.1 Å². The number of hydrogen-bond acceptors (Lipinski definition) is 6. The highest BCUT2D eigenvalue weighted by atomic mass is 35.5. The number of likely N-dealkylation sites (N-methyl/N-ethyl adjacent to an activating group) is 1. The summed E-state index contributed by atoms with van der Waals surface area (Å²) in [6, 6.07) is 3.73. The average Bonchev–Trinajstić information content (AvgIpc) is 2.65. The smallest absolute Gasteiger partial charge is 0.243 e. The summed E-state index contributed by atoms with van der Waals surface area (Å²) in [4.78, 5) is 17.3. The number of amides is 1. The van der Waals surface area contributed by atoms with Gasteiger partial charge in [0.1, 0.15) is 11.8 Å². The molecule has 1 atom stereocenters. The van der Waals surface area contributed by atoms with E-state index >= 15 is 0 Å². The fourth-order valence-electron chi connectivity index (χ4n) is 3.33. The van der Waals surface area contributed by atoms with Gasteiger partial charge in [0.25, 0.3) is 0 Å². The summed E-state index contributed by atoms with van der Waals surface area (Å²) in [5.74, 6) is 0.0885. The van der Waals surface area contributed by atoms with Crippen molar-refractivity contribution < 1.29 is 17.9 Å². The van der Waals surface area contributed by atoms with Crippen LogP contribution >= 0.6 is 11.6 Å². The van der Waals surface area contributed by atoms with Crippen LogP contribution in [0.2, 0.25) is 5.02 Å². The summed E-state index contributed by atoms with van der Waals surface area (Å²) in [5.41, 5.74) is 0.318. The number of carbonyl (C=O) groups excluding carboxylic acids is 1. The molecule has 0 radical (unpaired) electrons. The standard InChI is InChI=1S/C19H31ClN4O4S/c1-15(19(25)21-8-5-9-23-12-10-22(2)11-13-23)24(29(4,26)27)16-6-7-18(28-3)17(20)14-16/h6-7,14-15H,5,8-13H2,1-4H3,(H,21,25). The molecule has 10 heteroatoms. The van der Waals surface area contributed by atoms with Gasteiger partial charge in [0.15, 0.2) is 0 Å². The Kier molecular flexibility index (Phi) is 8.57. The second-order valence-electron chi connectivity index (χ2n) is 7.34. The minimum Gasteiger partial charge on any atom is -0.495 e. The topological polar surface area (TPSA) is 82.2 Å². The molecule has 1 saturated heterocycles. The molecule has 0 saturated carbocycles. The summed E-state index contributed by atoms with van der Waals surface area (Å²) in [6.45, 7) is 7.13. The van der Waals surface area contributed by atoms with Crippen molar-refractivity contribution in [2.75, 3.05) is 64.0 Å². The molecule has 8 nitrogen and oxygen atoms in total. The molecule has 1 fully saturated rings. The fraction of sp³-hybridized carbons (Fsp3) is 0.632. The molecule has 1 amide bonds. The van der Waals surface area contributed by atoms with Gasteiger partial charge in [0, 0.05) is 32.7 Å². The maximum absolute atomic E-state index is 12.6. The number of benzene rings is 1. The van der Waals surface area contributed by atoms with Crippen molar-refractivity contribution in [1.82, 2.24) is 15.1 Å². The minimum absolute atomic E-state index is 0.276. The highest BCUT2D eigenvalue weighted by Gasteiger charge is 2.29. The molecule has 1 aliphatic heterocycles. The van der Waals surface area contributed by atoms with Crippen molar-refractivity contribution in [2.45, 2.75) is 19.4 Å². The maximum Gasteiger partial charge on any atom is 0.243 e. The minimum atomic E-state index is -3.69. The lowest BCUT2D eigenvalue weighted by atomic mass is 10.2. The second-order valence-corrected chi connectivity index (χ2v) is 9.61. The number of methoxy groups -OCH3 is 1. The molecule has 0 spiro atoms. The van der Waals surface area contributed by atoms with Gasteiger partial charge in [0.05, 0.1) is 24.1 Å². The van der Waals surface area contributed by atoms with Crippen molar-refractivity contribution in [3.8, 4) is 5.75 Å². The van der Waals surface area contributed by atoms with E-state index in [-0.39, 0.29) is 10.9 Å². The van der Waals surface area contributed by atoms with Crippen molar-refractivity contribution in [3.63, 3.8) is 0 Å². The van der Waals surface area contributed by atoms with Crippen molar-refractivity contribution in [3.05, 3.63) is 23.2 Å². The molecule has 1 aromatic carbocycles. The monoisotopic (exact) mass is 446 g/mol. The maximum atomic E-state index is 12.6. The number of hydrogen-bond donors (Lipinski definition) is 1.